The lowest BCUT2D eigenvalue weighted by Gasteiger charge is -2.23. The second-order valence-corrected chi connectivity index (χ2v) is 6.93. The van der Waals surface area contributed by atoms with Gasteiger partial charge in [-0.25, -0.2) is 0 Å². The molecule has 0 aliphatic carbocycles. The Morgan fingerprint density at radius 2 is 1.83 bits per heavy atom. The molecule has 6 heteroatoms. The molecule has 0 bridgehead atoms. The first-order chi connectivity index (χ1) is 8.63. The van der Waals surface area contributed by atoms with Crippen LogP contribution < -0.4 is 5.32 Å². The molecule has 1 N–H and O–H groups in total. The molecule has 1 aliphatic heterocycles. The summed E-state index contributed by atoms with van der Waals surface area (Å²) in [6, 6.07) is 7.36. The van der Waals surface area contributed by atoms with E-state index in [0.717, 1.165) is 30.0 Å². The maximum Gasteiger partial charge on any atom is 0.288 e. The van der Waals surface area contributed by atoms with Gasteiger partial charge in [-0.1, -0.05) is 11.8 Å². The highest BCUT2D eigenvalue weighted by atomic mass is 32.2. The van der Waals surface area contributed by atoms with E-state index in [0.29, 0.717) is 22.7 Å². The number of benzene rings is 1. The first kappa shape index (κ1) is 13.8. The molecule has 0 spiro atoms. The van der Waals surface area contributed by atoms with E-state index in [4.69, 9.17) is 0 Å². The Morgan fingerprint density at radius 1 is 1.22 bits per heavy atom. The van der Waals surface area contributed by atoms with Gasteiger partial charge in [-0.2, -0.15) is 8.78 Å². The number of nitrogens with one attached hydrogen (secondary N) is 1. The van der Waals surface area contributed by atoms with Crippen LogP contribution in [0.5, 0.6) is 0 Å². The van der Waals surface area contributed by atoms with E-state index in [9.17, 15) is 13.0 Å². The number of rotatable bonds is 4. The van der Waals surface area contributed by atoms with Crippen molar-refractivity contribution in [3.8, 4) is 0 Å². The summed E-state index contributed by atoms with van der Waals surface area (Å²) in [5.74, 6) is -0.884. The highest BCUT2D eigenvalue weighted by Crippen LogP contribution is 2.26. The van der Waals surface area contributed by atoms with Crippen molar-refractivity contribution in [2.75, 3.05) is 16.8 Å². The molecular formula is C12H15F2NOS2. The summed E-state index contributed by atoms with van der Waals surface area (Å²) < 4.78 is 35.5. The standard InChI is InChI=1S/C12H15F2NOS2/c13-12(14)17-11-3-1-9(2-4-11)15-10-5-7-18(16)8-6-10/h1-4,10,12,15H,5-8H2. The van der Waals surface area contributed by atoms with Gasteiger partial charge in [-0.3, -0.25) is 4.21 Å². The highest BCUT2D eigenvalue weighted by molar-refractivity contribution is 7.99. The minimum Gasteiger partial charge on any atom is -0.382 e. The summed E-state index contributed by atoms with van der Waals surface area (Å²) in [5, 5.41) is 3.35. The summed E-state index contributed by atoms with van der Waals surface area (Å²) in [6.45, 7) is 0. The van der Waals surface area contributed by atoms with Crippen LogP contribution in [0.15, 0.2) is 29.2 Å². The van der Waals surface area contributed by atoms with Crippen molar-refractivity contribution in [3.05, 3.63) is 24.3 Å². The molecule has 100 valence electrons. The molecule has 0 radical (unpaired) electrons. The quantitative estimate of drug-likeness (QED) is 0.863. The van der Waals surface area contributed by atoms with Gasteiger partial charge in [-0.05, 0) is 37.1 Å². The van der Waals surface area contributed by atoms with Crippen LogP contribution >= 0.6 is 11.8 Å². The topological polar surface area (TPSA) is 29.1 Å². The van der Waals surface area contributed by atoms with Gasteiger partial charge in [0, 0.05) is 38.9 Å². The fourth-order valence-corrected chi connectivity index (χ4v) is 3.70. The van der Waals surface area contributed by atoms with Crippen molar-refractivity contribution in [2.24, 2.45) is 0 Å². The summed E-state index contributed by atoms with van der Waals surface area (Å²) in [6.07, 6.45) is 1.81. The van der Waals surface area contributed by atoms with Crippen molar-refractivity contribution in [1.29, 1.82) is 0 Å². The van der Waals surface area contributed by atoms with Crippen LogP contribution in [0.25, 0.3) is 0 Å². The van der Waals surface area contributed by atoms with Crippen LogP contribution in [0, 0.1) is 0 Å². The SMILES string of the molecule is O=S1CCC(Nc2ccc(SC(F)F)cc2)CC1. The zero-order valence-electron chi connectivity index (χ0n) is 9.77. The summed E-state index contributed by atoms with van der Waals surface area (Å²) >= 11 is 0.552. The Kier molecular flexibility index (Phi) is 5.00. The second kappa shape index (κ2) is 6.52. The molecule has 1 aliphatic rings. The predicted molar refractivity (Wildman–Crippen MR) is 72.8 cm³/mol. The predicted octanol–water partition coefficient (Wildman–Crippen LogP) is 3.32. The van der Waals surface area contributed by atoms with Crippen LogP contribution in [0.2, 0.25) is 0 Å². The summed E-state index contributed by atoms with van der Waals surface area (Å²) in [4.78, 5) is 0.570. The van der Waals surface area contributed by atoms with Crippen molar-refractivity contribution >= 4 is 28.2 Å². The monoisotopic (exact) mass is 291 g/mol. The Labute approximate surface area is 112 Å². The number of anilines is 1. The molecular weight excluding hydrogens is 276 g/mol. The molecule has 1 saturated heterocycles. The van der Waals surface area contributed by atoms with Crippen molar-refractivity contribution in [3.63, 3.8) is 0 Å². The largest absolute Gasteiger partial charge is 0.382 e. The lowest BCUT2D eigenvalue weighted by atomic mass is 10.1. The van der Waals surface area contributed by atoms with E-state index in [1.54, 1.807) is 12.1 Å². The molecule has 1 aromatic carbocycles. The van der Waals surface area contributed by atoms with Crippen LogP contribution in [0.3, 0.4) is 0 Å². The van der Waals surface area contributed by atoms with Crippen LogP contribution in [0.4, 0.5) is 14.5 Å². The maximum atomic E-state index is 12.1. The zero-order chi connectivity index (χ0) is 13.0. The van der Waals surface area contributed by atoms with E-state index < -0.39 is 16.6 Å². The molecule has 0 amide bonds. The van der Waals surface area contributed by atoms with Crippen LogP contribution in [0.1, 0.15) is 12.8 Å². The molecule has 0 unspecified atom stereocenters. The van der Waals surface area contributed by atoms with Crippen molar-refractivity contribution < 1.29 is 13.0 Å². The molecule has 1 aromatic rings. The van der Waals surface area contributed by atoms with Crippen LogP contribution in [-0.4, -0.2) is 27.5 Å². The van der Waals surface area contributed by atoms with Gasteiger partial charge >= 0.3 is 0 Å². The summed E-state index contributed by atoms with van der Waals surface area (Å²) in [7, 11) is -0.656. The molecule has 1 heterocycles. The van der Waals surface area contributed by atoms with E-state index in [1.165, 1.54) is 0 Å². The summed E-state index contributed by atoms with van der Waals surface area (Å²) in [5.41, 5.74) is 0.936. The van der Waals surface area contributed by atoms with Gasteiger partial charge in [0.05, 0.1) is 0 Å². The molecule has 2 nitrogen and oxygen atoms in total. The van der Waals surface area contributed by atoms with Gasteiger partial charge in [0.15, 0.2) is 0 Å². The number of hydrogen-bond donors (Lipinski definition) is 1. The average molecular weight is 291 g/mol. The fraction of sp³-hybridized carbons (Fsp3) is 0.500. The van der Waals surface area contributed by atoms with Gasteiger partial charge in [0.1, 0.15) is 0 Å². The van der Waals surface area contributed by atoms with Gasteiger partial charge in [-0.15, -0.1) is 0 Å². The number of halogens is 2. The van der Waals surface area contributed by atoms with Gasteiger partial charge in [0.25, 0.3) is 5.76 Å². The normalized spacial score (nSPS) is 24.2. The Bertz CT molecular complexity index is 401. The zero-order valence-corrected chi connectivity index (χ0v) is 11.4. The molecule has 2 rings (SSSR count). The lowest BCUT2D eigenvalue weighted by molar-refractivity contribution is 0.252. The van der Waals surface area contributed by atoms with E-state index in [1.807, 2.05) is 12.1 Å². The Hall–Kier alpha value is -0.620. The fourth-order valence-electron chi connectivity index (χ4n) is 1.91. The molecule has 0 saturated carbocycles. The Balaban J connectivity index is 1.88. The van der Waals surface area contributed by atoms with Crippen molar-refractivity contribution in [1.82, 2.24) is 0 Å². The second-order valence-electron chi connectivity index (χ2n) is 4.17. The van der Waals surface area contributed by atoms with E-state index in [-0.39, 0.29) is 0 Å². The third-order valence-corrected chi connectivity index (χ3v) is 4.94. The first-order valence-electron chi connectivity index (χ1n) is 5.80. The van der Waals surface area contributed by atoms with E-state index in [2.05, 4.69) is 5.32 Å². The minimum atomic E-state index is -2.38. The molecule has 18 heavy (non-hydrogen) atoms. The van der Waals surface area contributed by atoms with Crippen LogP contribution in [-0.2, 0) is 10.8 Å². The lowest BCUT2D eigenvalue weighted by Crippen LogP contribution is -2.29. The molecule has 0 aromatic heterocycles. The molecule has 0 atom stereocenters. The highest BCUT2D eigenvalue weighted by Gasteiger charge is 2.17. The third-order valence-electron chi connectivity index (χ3n) is 2.84. The van der Waals surface area contributed by atoms with Gasteiger partial charge in [0.2, 0.25) is 0 Å². The minimum absolute atomic E-state index is 0.344. The molecule has 1 fully saturated rings. The third kappa shape index (κ3) is 4.24. The average Bonchev–Trinajstić information content (AvgIpc) is 2.34. The number of thioether (sulfide) groups is 1. The van der Waals surface area contributed by atoms with Crippen molar-refractivity contribution in [2.45, 2.75) is 29.5 Å². The number of hydrogen-bond acceptors (Lipinski definition) is 3. The van der Waals surface area contributed by atoms with E-state index >= 15 is 0 Å². The number of alkyl halides is 2. The Morgan fingerprint density at radius 3 is 2.39 bits per heavy atom. The maximum absolute atomic E-state index is 12.1. The first-order valence-corrected chi connectivity index (χ1v) is 8.16. The smallest absolute Gasteiger partial charge is 0.288 e. The van der Waals surface area contributed by atoms with Gasteiger partial charge < -0.3 is 5.32 Å².